The third-order valence-corrected chi connectivity index (χ3v) is 7.00. The summed E-state index contributed by atoms with van der Waals surface area (Å²) in [6.45, 7) is 3.95. The van der Waals surface area contributed by atoms with Gasteiger partial charge in [0.2, 0.25) is 0 Å². The molecule has 6 heteroatoms. The van der Waals surface area contributed by atoms with Crippen LogP contribution in [0.2, 0.25) is 0 Å². The SMILES string of the molecule is CCOC(=O)[C@@H](N=C(c1ccccc1)c1ccccc1)[C@@H](N[S@@](=O)c1ccc(C)cc1)c1ccccc1. The Kier molecular flexibility index (Phi) is 9.13. The Balaban J connectivity index is 1.84. The van der Waals surface area contributed by atoms with E-state index in [1.165, 1.54) is 0 Å². The van der Waals surface area contributed by atoms with Gasteiger partial charge in [-0.25, -0.2) is 13.7 Å². The van der Waals surface area contributed by atoms with Crippen molar-refractivity contribution in [2.24, 2.45) is 4.99 Å². The van der Waals surface area contributed by atoms with Crippen molar-refractivity contribution in [3.05, 3.63) is 138 Å². The summed E-state index contributed by atoms with van der Waals surface area (Å²) >= 11 is 0. The van der Waals surface area contributed by atoms with Crippen LogP contribution in [-0.2, 0) is 20.5 Å². The maximum Gasteiger partial charge on any atom is 0.332 e. The zero-order valence-electron chi connectivity index (χ0n) is 20.9. The first-order valence-corrected chi connectivity index (χ1v) is 13.4. The highest BCUT2D eigenvalue weighted by Gasteiger charge is 2.33. The average Bonchev–Trinajstić information content (AvgIpc) is 2.94. The van der Waals surface area contributed by atoms with Gasteiger partial charge in [-0.2, -0.15) is 0 Å². The molecule has 0 radical (unpaired) electrons. The van der Waals surface area contributed by atoms with Crippen molar-refractivity contribution >= 4 is 22.7 Å². The smallest absolute Gasteiger partial charge is 0.332 e. The van der Waals surface area contributed by atoms with Gasteiger partial charge >= 0.3 is 5.97 Å². The molecule has 37 heavy (non-hydrogen) atoms. The number of ether oxygens (including phenoxy) is 1. The van der Waals surface area contributed by atoms with Gasteiger partial charge in [-0.15, -0.1) is 0 Å². The summed E-state index contributed by atoms with van der Waals surface area (Å²) in [5.41, 5.74) is 4.25. The van der Waals surface area contributed by atoms with Gasteiger partial charge in [0.1, 0.15) is 11.0 Å². The molecular weight excluding hydrogens is 480 g/mol. The van der Waals surface area contributed by atoms with E-state index >= 15 is 0 Å². The van der Waals surface area contributed by atoms with Crippen molar-refractivity contribution in [1.82, 2.24) is 4.72 Å². The van der Waals surface area contributed by atoms with E-state index in [0.717, 1.165) is 22.3 Å². The highest BCUT2D eigenvalue weighted by atomic mass is 32.2. The summed E-state index contributed by atoms with van der Waals surface area (Å²) in [5.74, 6) is -0.492. The molecule has 0 heterocycles. The second kappa shape index (κ2) is 12.9. The van der Waals surface area contributed by atoms with E-state index < -0.39 is 29.0 Å². The lowest BCUT2D eigenvalue weighted by Gasteiger charge is -2.25. The Labute approximate surface area is 220 Å². The van der Waals surface area contributed by atoms with Crippen LogP contribution in [0.3, 0.4) is 0 Å². The lowest BCUT2D eigenvalue weighted by molar-refractivity contribution is -0.145. The summed E-state index contributed by atoms with van der Waals surface area (Å²) in [6, 6.07) is 34.7. The van der Waals surface area contributed by atoms with Crippen LogP contribution in [0.25, 0.3) is 0 Å². The third kappa shape index (κ3) is 6.88. The molecular formula is C31H30N2O3S. The number of nitrogens with one attached hydrogen (secondary N) is 1. The second-order valence-corrected chi connectivity index (χ2v) is 9.74. The number of carbonyl (C=O) groups is 1. The van der Waals surface area contributed by atoms with Crippen molar-refractivity contribution in [3.8, 4) is 0 Å². The first-order chi connectivity index (χ1) is 18.1. The van der Waals surface area contributed by atoms with Gasteiger partial charge in [0.05, 0.1) is 23.3 Å². The summed E-state index contributed by atoms with van der Waals surface area (Å²) in [5, 5.41) is 0. The number of esters is 1. The molecule has 0 saturated carbocycles. The van der Waals surface area contributed by atoms with E-state index in [1.54, 1.807) is 6.92 Å². The molecule has 0 aliphatic rings. The number of rotatable bonds is 10. The molecule has 0 bridgehead atoms. The highest BCUT2D eigenvalue weighted by Crippen LogP contribution is 2.25. The molecule has 0 saturated heterocycles. The van der Waals surface area contributed by atoms with Crippen LogP contribution in [-0.4, -0.2) is 28.5 Å². The van der Waals surface area contributed by atoms with E-state index in [2.05, 4.69) is 4.72 Å². The molecule has 1 N–H and O–H groups in total. The van der Waals surface area contributed by atoms with Gasteiger partial charge in [-0.3, -0.25) is 4.99 Å². The number of hydrogen-bond donors (Lipinski definition) is 1. The minimum atomic E-state index is -1.59. The monoisotopic (exact) mass is 510 g/mol. The lowest BCUT2D eigenvalue weighted by atomic mass is 9.98. The molecule has 4 aromatic carbocycles. The van der Waals surface area contributed by atoms with Gasteiger partial charge in [-0.1, -0.05) is 109 Å². The zero-order chi connectivity index (χ0) is 26.0. The molecule has 5 nitrogen and oxygen atoms in total. The van der Waals surface area contributed by atoms with Crippen LogP contribution >= 0.6 is 0 Å². The summed E-state index contributed by atoms with van der Waals surface area (Å²) < 4.78 is 22.1. The lowest BCUT2D eigenvalue weighted by Crippen LogP contribution is -2.39. The Morgan fingerprint density at radius 3 is 1.84 bits per heavy atom. The molecule has 3 atom stereocenters. The van der Waals surface area contributed by atoms with Gasteiger partial charge in [0, 0.05) is 11.1 Å². The number of carbonyl (C=O) groups excluding carboxylic acids is 1. The Morgan fingerprint density at radius 1 is 0.811 bits per heavy atom. The van der Waals surface area contributed by atoms with E-state index in [9.17, 15) is 9.00 Å². The minimum absolute atomic E-state index is 0.208. The summed E-state index contributed by atoms with van der Waals surface area (Å²) in [4.78, 5) is 19.1. The number of aliphatic imine (C=N–C) groups is 1. The topological polar surface area (TPSA) is 67.8 Å². The van der Waals surface area contributed by atoms with Crippen molar-refractivity contribution in [1.29, 1.82) is 0 Å². The second-order valence-electron chi connectivity index (χ2n) is 8.49. The Hall–Kier alpha value is -3.87. The van der Waals surface area contributed by atoms with Crippen LogP contribution in [0.5, 0.6) is 0 Å². The molecule has 0 unspecified atom stereocenters. The number of benzene rings is 4. The predicted molar refractivity (Wildman–Crippen MR) is 149 cm³/mol. The first kappa shape index (κ1) is 26.2. The third-order valence-electron chi connectivity index (χ3n) is 5.83. The van der Waals surface area contributed by atoms with Crippen LogP contribution < -0.4 is 4.72 Å². The van der Waals surface area contributed by atoms with Crippen LogP contribution in [0, 0.1) is 6.92 Å². The summed E-state index contributed by atoms with van der Waals surface area (Å²) in [6.07, 6.45) is 0. The normalized spacial score (nSPS) is 13.2. The van der Waals surface area contributed by atoms with Crippen molar-refractivity contribution in [2.45, 2.75) is 30.8 Å². The van der Waals surface area contributed by atoms with E-state index in [4.69, 9.17) is 9.73 Å². The van der Waals surface area contributed by atoms with E-state index in [-0.39, 0.29) is 6.61 Å². The molecule has 0 aromatic heterocycles. The molecule has 4 rings (SSSR count). The zero-order valence-corrected chi connectivity index (χ0v) is 21.7. The molecule has 0 aliphatic carbocycles. The maximum absolute atomic E-state index is 13.5. The molecule has 0 fully saturated rings. The predicted octanol–water partition coefficient (Wildman–Crippen LogP) is 5.82. The Bertz CT molecular complexity index is 1300. The number of aryl methyl sites for hydroxylation is 1. The maximum atomic E-state index is 13.5. The van der Waals surface area contributed by atoms with Gasteiger partial charge in [0.25, 0.3) is 0 Å². The number of nitrogens with zero attached hydrogens (tertiary/aromatic N) is 1. The van der Waals surface area contributed by atoms with Crippen LogP contribution in [0.4, 0.5) is 0 Å². The standard InChI is InChI=1S/C31H30N2O3S/c1-3-36-31(34)30(32-28(24-13-7-4-8-14-24)25-15-9-5-10-16-25)29(26-17-11-6-12-18-26)33-37(35)27-21-19-23(2)20-22-27/h4-22,29-30,33H,3H2,1-2H3/t29-,30-,37-/m0/s1. The fourth-order valence-corrected chi connectivity index (χ4v) is 4.97. The molecule has 0 spiro atoms. The van der Waals surface area contributed by atoms with E-state index in [1.807, 2.05) is 122 Å². The minimum Gasteiger partial charge on any atom is -0.464 e. The quantitative estimate of drug-likeness (QED) is 0.216. The van der Waals surface area contributed by atoms with Crippen molar-refractivity contribution in [3.63, 3.8) is 0 Å². The van der Waals surface area contributed by atoms with Gasteiger partial charge < -0.3 is 4.74 Å². The first-order valence-electron chi connectivity index (χ1n) is 12.2. The Morgan fingerprint density at radius 2 is 1.32 bits per heavy atom. The highest BCUT2D eigenvalue weighted by molar-refractivity contribution is 7.83. The van der Waals surface area contributed by atoms with Gasteiger partial charge in [0.15, 0.2) is 6.04 Å². The fourth-order valence-electron chi connectivity index (χ4n) is 3.96. The van der Waals surface area contributed by atoms with Crippen molar-refractivity contribution < 1.29 is 13.7 Å². The fraction of sp³-hybridized carbons (Fsp3) is 0.161. The molecule has 0 amide bonds. The van der Waals surface area contributed by atoms with Crippen LogP contribution in [0.1, 0.15) is 35.2 Å². The average molecular weight is 511 g/mol. The number of hydrogen-bond acceptors (Lipinski definition) is 4. The molecule has 4 aromatic rings. The molecule has 188 valence electrons. The van der Waals surface area contributed by atoms with Gasteiger partial charge in [-0.05, 0) is 31.5 Å². The van der Waals surface area contributed by atoms with E-state index in [0.29, 0.717) is 10.6 Å². The summed E-state index contributed by atoms with van der Waals surface area (Å²) in [7, 11) is -1.59. The molecule has 0 aliphatic heterocycles. The largest absolute Gasteiger partial charge is 0.464 e. The van der Waals surface area contributed by atoms with Crippen LogP contribution in [0.15, 0.2) is 125 Å². The van der Waals surface area contributed by atoms with Crippen molar-refractivity contribution in [2.75, 3.05) is 6.61 Å².